The van der Waals surface area contributed by atoms with E-state index in [0.717, 1.165) is 6.29 Å². The van der Waals surface area contributed by atoms with Crippen LogP contribution in [0.3, 0.4) is 0 Å². The molecule has 2 aromatic rings. The highest BCUT2D eigenvalue weighted by atomic mass is 79.9. The number of aromatic nitrogens is 2. The standard InChI is InChI=1S/C13H13BrN2O3/c1-16-13(14)10(7-17)12(15-16)9-6-8(18-2)4-5-11(9)19-3/h4-7H,1-3H3. The summed E-state index contributed by atoms with van der Waals surface area (Å²) >= 11 is 3.34. The third-order valence-corrected chi connectivity index (χ3v) is 3.73. The monoisotopic (exact) mass is 324 g/mol. The van der Waals surface area contributed by atoms with Gasteiger partial charge < -0.3 is 9.47 Å². The van der Waals surface area contributed by atoms with Gasteiger partial charge in [0, 0.05) is 12.6 Å². The van der Waals surface area contributed by atoms with Crippen molar-refractivity contribution < 1.29 is 14.3 Å². The number of hydrogen-bond acceptors (Lipinski definition) is 4. The van der Waals surface area contributed by atoms with E-state index in [1.807, 2.05) is 0 Å². The van der Waals surface area contributed by atoms with Crippen molar-refractivity contribution in [3.05, 3.63) is 28.4 Å². The molecule has 0 fully saturated rings. The number of carbonyl (C=O) groups is 1. The van der Waals surface area contributed by atoms with Crippen LogP contribution in [0.5, 0.6) is 11.5 Å². The van der Waals surface area contributed by atoms with E-state index in [1.165, 1.54) is 0 Å². The molecule has 0 aliphatic carbocycles. The van der Waals surface area contributed by atoms with Crippen molar-refractivity contribution in [2.75, 3.05) is 14.2 Å². The maximum atomic E-state index is 11.2. The van der Waals surface area contributed by atoms with E-state index >= 15 is 0 Å². The SMILES string of the molecule is COc1ccc(OC)c(-c2nn(C)c(Br)c2C=O)c1. The van der Waals surface area contributed by atoms with Gasteiger partial charge in [-0.1, -0.05) is 0 Å². The van der Waals surface area contributed by atoms with Crippen LogP contribution in [0.4, 0.5) is 0 Å². The summed E-state index contributed by atoms with van der Waals surface area (Å²) in [4.78, 5) is 11.2. The molecule has 0 atom stereocenters. The Labute approximate surface area is 119 Å². The summed E-state index contributed by atoms with van der Waals surface area (Å²) in [6.45, 7) is 0. The molecule has 0 aliphatic heterocycles. The van der Waals surface area contributed by atoms with Crippen molar-refractivity contribution in [2.24, 2.45) is 7.05 Å². The number of benzene rings is 1. The summed E-state index contributed by atoms with van der Waals surface area (Å²) < 4.78 is 12.7. The second kappa shape index (κ2) is 5.44. The van der Waals surface area contributed by atoms with Crippen molar-refractivity contribution >= 4 is 22.2 Å². The highest BCUT2D eigenvalue weighted by Gasteiger charge is 2.19. The first-order chi connectivity index (χ1) is 9.12. The van der Waals surface area contributed by atoms with E-state index in [1.54, 1.807) is 44.1 Å². The van der Waals surface area contributed by atoms with Gasteiger partial charge in [-0.05, 0) is 34.1 Å². The third kappa shape index (κ3) is 2.35. The Morgan fingerprint density at radius 3 is 2.63 bits per heavy atom. The Kier molecular flexibility index (Phi) is 3.90. The fourth-order valence-electron chi connectivity index (χ4n) is 1.82. The lowest BCUT2D eigenvalue weighted by Crippen LogP contribution is -1.93. The van der Waals surface area contributed by atoms with Gasteiger partial charge in [0.15, 0.2) is 6.29 Å². The van der Waals surface area contributed by atoms with Gasteiger partial charge >= 0.3 is 0 Å². The topological polar surface area (TPSA) is 53.4 Å². The average Bonchev–Trinajstić information content (AvgIpc) is 2.73. The number of aryl methyl sites for hydroxylation is 1. The van der Waals surface area contributed by atoms with Crippen molar-refractivity contribution in [3.63, 3.8) is 0 Å². The maximum absolute atomic E-state index is 11.2. The molecule has 19 heavy (non-hydrogen) atoms. The van der Waals surface area contributed by atoms with Gasteiger partial charge in [0.1, 0.15) is 21.8 Å². The summed E-state index contributed by atoms with van der Waals surface area (Å²) in [5, 5.41) is 4.34. The lowest BCUT2D eigenvalue weighted by atomic mass is 10.1. The molecule has 0 saturated heterocycles. The van der Waals surface area contributed by atoms with Crippen molar-refractivity contribution in [1.82, 2.24) is 9.78 Å². The van der Waals surface area contributed by atoms with Crippen LogP contribution >= 0.6 is 15.9 Å². The number of carbonyl (C=O) groups excluding carboxylic acids is 1. The molecule has 0 bridgehead atoms. The van der Waals surface area contributed by atoms with E-state index in [4.69, 9.17) is 9.47 Å². The lowest BCUT2D eigenvalue weighted by molar-refractivity contribution is 0.112. The van der Waals surface area contributed by atoms with Gasteiger partial charge in [-0.2, -0.15) is 5.10 Å². The van der Waals surface area contributed by atoms with Gasteiger partial charge in [-0.3, -0.25) is 9.48 Å². The van der Waals surface area contributed by atoms with Crippen LogP contribution in [0.2, 0.25) is 0 Å². The Balaban J connectivity index is 2.69. The van der Waals surface area contributed by atoms with E-state index < -0.39 is 0 Å². The molecule has 1 aromatic carbocycles. The zero-order valence-corrected chi connectivity index (χ0v) is 12.4. The van der Waals surface area contributed by atoms with Crippen molar-refractivity contribution in [2.45, 2.75) is 0 Å². The first kappa shape index (κ1) is 13.6. The molecule has 1 heterocycles. The molecule has 1 aromatic heterocycles. The Hall–Kier alpha value is -1.82. The molecule has 0 spiro atoms. The van der Waals surface area contributed by atoms with Gasteiger partial charge in [0.05, 0.1) is 19.8 Å². The van der Waals surface area contributed by atoms with Crippen LogP contribution in [0.25, 0.3) is 11.3 Å². The number of hydrogen-bond donors (Lipinski definition) is 0. The summed E-state index contributed by atoms with van der Waals surface area (Å²) in [6, 6.07) is 5.37. The Bertz CT molecular complexity index is 623. The molecule has 100 valence electrons. The maximum Gasteiger partial charge on any atom is 0.155 e. The number of ether oxygens (including phenoxy) is 2. The summed E-state index contributed by atoms with van der Waals surface area (Å²) in [5.41, 5.74) is 1.75. The molecule has 0 saturated carbocycles. The third-order valence-electron chi connectivity index (χ3n) is 2.79. The van der Waals surface area contributed by atoms with E-state index in [2.05, 4.69) is 21.0 Å². The first-order valence-electron chi connectivity index (χ1n) is 5.52. The van der Waals surface area contributed by atoms with Gasteiger partial charge in [0.25, 0.3) is 0 Å². The summed E-state index contributed by atoms with van der Waals surface area (Å²) in [7, 11) is 4.91. The molecule has 0 aliphatic rings. The molecule has 0 N–H and O–H groups in total. The summed E-state index contributed by atoms with van der Waals surface area (Å²) in [5.74, 6) is 1.31. The minimum atomic E-state index is 0.481. The molecule has 5 nitrogen and oxygen atoms in total. The number of nitrogens with zero attached hydrogens (tertiary/aromatic N) is 2. The second-order valence-corrected chi connectivity index (χ2v) is 4.61. The quantitative estimate of drug-likeness (QED) is 0.811. The van der Waals surface area contributed by atoms with Crippen LogP contribution in [0.15, 0.2) is 22.8 Å². The van der Waals surface area contributed by atoms with Gasteiger partial charge in [-0.25, -0.2) is 0 Å². The zero-order chi connectivity index (χ0) is 14.0. The van der Waals surface area contributed by atoms with Crippen molar-refractivity contribution in [3.8, 4) is 22.8 Å². The largest absolute Gasteiger partial charge is 0.497 e. The molecule has 6 heteroatoms. The summed E-state index contributed by atoms with van der Waals surface area (Å²) in [6.07, 6.45) is 0.769. The first-order valence-corrected chi connectivity index (χ1v) is 6.31. The second-order valence-electron chi connectivity index (χ2n) is 3.86. The fraction of sp³-hybridized carbons (Fsp3) is 0.231. The van der Waals surface area contributed by atoms with Crippen LogP contribution in [-0.2, 0) is 7.05 Å². The predicted molar refractivity (Wildman–Crippen MR) is 74.8 cm³/mol. The van der Waals surface area contributed by atoms with Crippen LogP contribution in [0.1, 0.15) is 10.4 Å². The molecule has 0 radical (unpaired) electrons. The minimum absolute atomic E-state index is 0.481. The number of aldehydes is 1. The normalized spacial score (nSPS) is 10.3. The Morgan fingerprint density at radius 2 is 2.05 bits per heavy atom. The number of rotatable bonds is 4. The van der Waals surface area contributed by atoms with Crippen molar-refractivity contribution in [1.29, 1.82) is 0 Å². The predicted octanol–water partition coefficient (Wildman–Crippen LogP) is 2.68. The molecule has 2 rings (SSSR count). The number of halogens is 1. The minimum Gasteiger partial charge on any atom is -0.497 e. The molecular formula is C13H13BrN2O3. The average molecular weight is 325 g/mol. The van der Waals surface area contributed by atoms with Gasteiger partial charge in [0.2, 0.25) is 0 Å². The molecule has 0 unspecified atom stereocenters. The van der Waals surface area contributed by atoms with Crippen LogP contribution in [-0.4, -0.2) is 30.3 Å². The van der Waals surface area contributed by atoms with Gasteiger partial charge in [-0.15, -0.1) is 0 Å². The highest BCUT2D eigenvalue weighted by Crippen LogP contribution is 2.36. The Morgan fingerprint density at radius 1 is 1.32 bits per heavy atom. The van der Waals surface area contributed by atoms with E-state index in [9.17, 15) is 4.79 Å². The lowest BCUT2D eigenvalue weighted by Gasteiger charge is -2.09. The highest BCUT2D eigenvalue weighted by molar-refractivity contribution is 9.10. The molecular weight excluding hydrogens is 312 g/mol. The van der Waals surface area contributed by atoms with Crippen LogP contribution in [0, 0.1) is 0 Å². The fourth-order valence-corrected chi connectivity index (χ4v) is 2.18. The smallest absolute Gasteiger partial charge is 0.155 e. The molecule has 0 amide bonds. The zero-order valence-electron chi connectivity index (χ0n) is 10.8. The van der Waals surface area contributed by atoms with Crippen LogP contribution < -0.4 is 9.47 Å². The van der Waals surface area contributed by atoms with E-state index in [-0.39, 0.29) is 0 Å². The van der Waals surface area contributed by atoms with E-state index in [0.29, 0.717) is 32.9 Å². The number of methoxy groups -OCH3 is 2.